The Hall–Kier alpha value is -4.06. The number of benzene rings is 3. The van der Waals surface area contributed by atoms with Gasteiger partial charge in [-0.3, -0.25) is 4.79 Å². The molecule has 0 atom stereocenters. The van der Waals surface area contributed by atoms with Gasteiger partial charge in [0.1, 0.15) is 5.75 Å². The van der Waals surface area contributed by atoms with E-state index in [1.807, 2.05) is 18.2 Å². The highest BCUT2D eigenvalue weighted by Gasteiger charge is 2.14. The largest absolute Gasteiger partial charge is 0.507 e. The van der Waals surface area contributed by atoms with Gasteiger partial charge >= 0.3 is 5.97 Å². The molecule has 0 aliphatic carbocycles. The second kappa shape index (κ2) is 10.1. The molecule has 3 rings (SSSR count). The van der Waals surface area contributed by atoms with Gasteiger partial charge in [0.05, 0.1) is 23.5 Å². The van der Waals surface area contributed by atoms with Crippen LogP contribution in [0.1, 0.15) is 28.4 Å². The fourth-order valence-electron chi connectivity index (χ4n) is 2.74. The van der Waals surface area contributed by atoms with Crippen molar-refractivity contribution in [3.63, 3.8) is 0 Å². The number of hydrogen-bond donors (Lipinski definition) is 1. The summed E-state index contributed by atoms with van der Waals surface area (Å²) in [5.74, 6) is -0.791. The molecule has 31 heavy (non-hydrogen) atoms. The van der Waals surface area contributed by atoms with Crippen molar-refractivity contribution in [1.29, 1.82) is 0 Å². The molecule has 0 saturated heterocycles. The monoisotopic (exact) mass is 414 g/mol. The summed E-state index contributed by atoms with van der Waals surface area (Å²) < 4.78 is 5.09. The topological polar surface area (TPSA) is 88.3 Å². The zero-order valence-electron chi connectivity index (χ0n) is 17.1. The van der Waals surface area contributed by atoms with Crippen LogP contribution < -0.4 is 0 Å². The molecule has 0 heterocycles. The van der Waals surface area contributed by atoms with Gasteiger partial charge in [0.2, 0.25) is 0 Å². The van der Waals surface area contributed by atoms with Crippen LogP contribution in [0.15, 0.2) is 95.2 Å². The molecule has 3 aromatic rings. The van der Waals surface area contributed by atoms with Gasteiger partial charge in [-0.2, -0.15) is 10.2 Å². The Bertz CT molecular complexity index is 1120. The maximum Gasteiger partial charge on any atom is 0.333 e. The third-order valence-corrected chi connectivity index (χ3v) is 4.45. The van der Waals surface area contributed by atoms with E-state index >= 15 is 0 Å². The van der Waals surface area contributed by atoms with E-state index < -0.39 is 5.97 Å². The minimum Gasteiger partial charge on any atom is -0.507 e. The van der Waals surface area contributed by atoms with Crippen LogP contribution in [0.5, 0.6) is 5.75 Å². The number of nitrogens with zero attached hydrogens (tertiary/aromatic N) is 2. The lowest BCUT2D eigenvalue weighted by atomic mass is 10.0. The highest BCUT2D eigenvalue weighted by atomic mass is 16.5. The Kier molecular flexibility index (Phi) is 7.06. The first-order valence-electron chi connectivity index (χ1n) is 9.70. The fraction of sp³-hybridized carbons (Fsp3) is 0.120. The molecule has 1 N–H and O–H groups in total. The zero-order chi connectivity index (χ0) is 22.2. The van der Waals surface area contributed by atoms with Crippen molar-refractivity contribution < 1.29 is 19.4 Å². The molecule has 0 radical (unpaired) electrons. The number of carbonyl (C=O) groups is 2. The predicted molar refractivity (Wildman–Crippen MR) is 118 cm³/mol. The van der Waals surface area contributed by atoms with Gasteiger partial charge in [0.25, 0.3) is 0 Å². The predicted octanol–water partition coefficient (Wildman–Crippen LogP) is 5.70. The van der Waals surface area contributed by atoms with Crippen molar-refractivity contribution >= 4 is 23.1 Å². The highest BCUT2D eigenvalue weighted by molar-refractivity contribution is 6.11. The molecule has 0 aliphatic rings. The van der Waals surface area contributed by atoms with Crippen molar-refractivity contribution in [1.82, 2.24) is 0 Å². The van der Waals surface area contributed by atoms with E-state index in [0.717, 1.165) is 5.56 Å². The molecule has 0 aliphatic heterocycles. The van der Waals surface area contributed by atoms with Gasteiger partial charge in [-0.05, 0) is 42.8 Å². The highest BCUT2D eigenvalue weighted by Crippen LogP contribution is 2.27. The lowest BCUT2D eigenvalue weighted by Gasteiger charge is -2.05. The van der Waals surface area contributed by atoms with Crippen LogP contribution in [0.25, 0.3) is 0 Å². The van der Waals surface area contributed by atoms with Gasteiger partial charge in [-0.1, -0.05) is 49.0 Å². The van der Waals surface area contributed by atoms with Crippen LogP contribution in [0.2, 0.25) is 0 Å². The maximum absolute atomic E-state index is 12.6. The Morgan fingerprint density at radius 2 is 1.58 bits per heavy atom. The number of phenols is 1. The second-order valence-corrected chi connectivity index (χ2v) is 6.93. The summed E-state index contributed by atoms with van der Waals surface area (Å²) in [7, 11) is 0. The van der Waals surface area contributed by atoms with E-state index in [2.05, 4.69) is 16.8 Å². The number of azo groups is 1. The molecule has 3 aromatic carbocycles. The third-order valence-electron chi connectivity index (χ3n) is 4.45. The smallest absolute Gasteiger partial charge is 0.333 e. The van der Waals surface area contributed by atoms with Gasteiger partial charge in [-0.15, -0.1) is 0 Å². The van der Waals surface area contributed by atoms with Crippen molar-refractivity contribution in [2.45, 2.75) is 13.3 Å². The molecule has 0 amide bonds. The first-order valence-corrected chi connectivity index (χ1v) is 9.70. The summed E-state index contributed by atoms with van der Waals surface area (Å²) in [6.07, 6.45) is 0.583. The van der Waals surface area contributed by atoms with Crippen LogP contribution in [0, 0.1) is 0 Å². The number of carbonyl (C=O) groups excluding carboxylic acids is 2. The Morgan fingerprint density at radius 3 is 2.26 bits per heavy atom. The molecule has 0 bridgehead atoms. The van der Waals surface area contributed by atoms with Crippen LogP contribution >= 0.6 is 0 Å². The van der Waals surface area contributed by atoms with Gasteiger partial charge < -0.3 is 9.84 Å². The molecule has 0 spiro atoms. The van der Waals surface area contributed by atoms with E-state index in [4.69, 9.17) is 4.74 Å². The van der Waals surface area contributed by atoms with E-state index in [9.17, 15) is 14.7 Å². The Morgan fingerprint density at radius 1 is 0.935 bits per heavy atom. The molecule has 6 heteroatoms. The van der Waals surface area contributed by atoms with E-state index in [-0.39, 0.29) is 23.7 Å². The lowest BCUT2D eigenvalue weighted by Crippen LogP contribution is -2.07. The minimum atomic E-state index is -0.399. The van der Waals surface area contributed by atoms with Crippen molar-refractivity contribution in [3.05, 3.63) is 102 Å². The van der Waals surface area contributed by atoms with E-state index in [0.29, 0.717) is 28.9 Å². The number of ketones is 1. The summed E-state index contributed by atoms with van der Waals surface area (Å²) in [6.45, 7) is 5.43. The van der Waals surface area contributed by atoms with Crippen LogP contribution in [-0.4, -0.2) is 23.5 Å². The summed E-state index contributed by atoms with van der Waals surface area (Å²) in [5, 5.41) is 18.4. The van der Waals surface area contributed by atoms with Crippen LogP contribution in [0.3, 0.4) is 0 Å². The first-order chi connectivity index (χ1) is 14.9. The Balaban J connectivity index is 1.66. The number of aromatic hydroxyl groups is 1. The lowest BCUT2D eigenvalue weighted by molar-refractivity contribution is -0.138. The van der Waals surface area contributed by atoms with Crippen molar-refractivity contribution in [3.8, 4) is 5.75 Å². The number of esters is 1. The number of hydrogen-bond acceptors (Lipinski definition) is 6. The normalized spacial score (nSPS) is 10.7. The molecular weight excluding hydrogens is 392 g/mol. The quantitative estimate of drug-likeness (QED) is 0.222. The average molecular weight is 414 g/mol. The van der Waals surface area contributed by atoms with Crippen LogP contribution in [0.4, 0.5) is 11.4 Å². The minimum absolute atomic E-state index is 0.107. The number of rotatable bonds is 8. The first kappa shape index (κ1) is 21.6. The molecular formula is C25H22N2O4. The van der Waals surface area contributed by atoms with Crippen molar-refractivity contribution in [2.75, 3.05) is 6.61 Å². The van der Waals surface area contributed by atoms with Crippen LogP contribution in [-0.2, 0) is 16.0 Å². The maximum atomic E-state index is 12.6. The molecule has 0 saturated carbocycles. The van der Waals surface area contributed by atoms with Gasteiger partial charge in [0, 0.05) is 17.6 Å². The summed E-state index contributed by atoms with van der Waals surface area (Å²) in [4.78, 5) is 24.0. The molecule has 6 nitrogen and oxygen atoms in total. The van der Waals surface area contributed by atoms with Gasteiger partial charge in [0.15, 0.2) is 5.78 Å². The summed E-state index contributed by atoms with van der Waals surface area (Å²) in [5.41, 5.74) is 3.10. The van der Waals surface area contributed by atoms with E-state index in [1.165, 1.54) is 12.1 Å². The fourth-order valence-corrected chi connectivity index (χ4v) is 2.74. The SMILES string of the molecule is C=C(C)C(=O)OCCc1ccc(N=Nc2ccc(O)c(C(=O)c3ccccc3)c2)cc1. The zero-order valence-corrected chi connectivity index (χ0v) is 17.1. The van der Waals surface area contributed by atoms with E-state index in [1.54, 1.807) is 49.4 Å². The van der Waals surface area contributed by atoms with Crippen molar-refractivity contribution in [2.24, 2.45) is 10.2 Å². The third kappa shape index (κ3) is 5.96. The molecule has 156 valence electrons. The summed E-state index contributed by atoms with van der Waals surface area (Å²) in [6, 6.07) is 20.6. The summed E-state index contributed by atoms with van der Waals surface area (Å²) >= 11 is 0. The molecule has 0 unspecified atom stereocenters. The van der Waals surface area contributed by atoms with Gasteiger partial charge in [-0.25, -0.2) is 4.79 Å². The Labute approximate surface area is 180 Å². The molecule has 0 fully saturated rings. The second-order valence-electron chi connectivity index (χ2n) is 6.93. The molecule has 0 aromatic heterocycles. The average Bonchev–Trinajstić information content (AvgIpc) is 2.79. The standard InChI is InChI=1S/C25H22N2O4/c1-17(2)25(30)31-15-14-18-8-10-20(11-9-18)26-27-21-12-13-23(28)22(16-21)24(29)19-6-4-3-5-7-19/h3-13,16,28H,1,14-15H2,2H3. The number of phenolic OH excluding ortho intramolecular Hbond substituents is 1. The number of ether oxygens (including phenoxy) is 1.